The second-order valence-electron chi connectivity index (χ2n) is 9.14. The minimum absolute atomic E-state index is 0.119. The first kappa shape index (κ1) is 25.8. The van der Waals surface area contributed by atoms with E-state index < -0.39 is 24.1 Å². The fourth-order valence-corrected chi connectivity index (χ4v) is 4.15. The molecule has 1 aromatic carbocycles. The van der Waals surface area contributed by atoms with Crippen LogP contribution >= 0.6 is 0 Å². The van der Waals surface area contributed by atoms with Crippen LogP contribution in [0.4, 0.5) is 0 Å². The van der Waals surface area contributed by atoms with Gasteiger partial charge in [-0.1, -0.05) is 45.0 Å². The number of amides is 2. The van der Waals surface area contributed by atoms with E-state index in [9.17, 15) is 19.8 Å². The van der Waals surface area contributed by atoms with Crippen molar-refractivity contribution in [3.8, 4) is 11.3 Å². The second-order valence-corrected chi connectivity index (χ2v) is 9.14. The number of nitrogens with one attached hydrogen (secondary N) is 2. The summed E-state index contributed by atoms with van der Waals surface area (Å²) in [6, 6.07) is 7.85. The lowest BCUT2D eigenvalue weighted by molar-refractivity contribution is -0.142. The van der Waals surface area contributed by atoms with Crippen molar-refractivity contribution in [1.82, 2.24) is 25.5 Å². The molecule has 1 aliphatic rings. The summed E-state index contributed by atoms with van der Waals surface area (Å²) < 4.78 is 1.76. The number of hydrogen-bond donors (Lipinski definition) is 5. The summed E-state index contributed by atoms with van der Waals surface area (Å²) >= 11 is 0. The molecule has 186 valence electrons. The lowest BCUT2D eigenvalue weighted by Gasteiger charge is -2.29. The van der Waals surface area contributed by atoms with Crippen molar-refractivity contribution in [2.24, 2.45) is 11.8 Å². The van der Waals surface area contributed by atoms with E-state index in [1.54, 1.807) is 10.9 Å². The molecular formula is C24H35N5O5. The normalized spacial score (nSPS) is 19.9. The average molecular weight is 474 g/mol. The lowest BCUT2D eigenvalue weighted by atomic mass is 9.96. The molecule has 2 aromatic rings. The maximum atomic E-state index is 13.1. The Hall–Kier alpha value is -2.79. The van der Waals surface area contributed by atoms with Gasteiger partial charge in [0, 0.05) is 31.6 Å². The smallest absolute Gasteiger partial charge is 0.243 e. The Balaban J connectivity index is 1.71. The van der Waals surface area contributed by atoms with Gasteiger partial charge in [-0.2, -0.15) is 5.10 Å². The molecule has 2 amide bonds. The van der Waals surface area contributed by atoms with E-state index in [-0.39, 0.29) is 37.3 Å². The maximum absolute atomic E-state index is 13.1. The van der Waals surface area contributed by atoms with Gasteiger partial charge in [0.05, 0.1) is 31.0 Å². The predicted molar refractivity (Wildman–Crippen MR) is 126 cm³/mol. The van der Waals surface area contributed by atoms with Gasteiger partial charge < -0.3 is 25.6 Å². The molecule has 0 radical (unpaired) electrons. The zero-order valence-electron chi connectivity index (χ0n) is 19.9. The number of aliphatic hydroxyl groups is 2. The van der Waals surface area contributed by atoms with Crippen LogP contribution in [-0.4, -0.2) is 73.8 Å². The first-order chi connectivity index (χ1) is 16.3. The summed E-state index contributed by atoms with van der Waals surface area (Å²) in [5.74, 6) is -0.680. The van der Waals surface area contributed by atoms with Gasteiger partial charge in [0.2, 0.25) is 11.8 Å². The molecule has 1 saturated heterocycles. The number of benzene rings is 1. The third-order valence-electron chi connectivity index (χ3n) is 6.51. The van der Waals surface area contributed by atoms with E-state index in [0.29, 0.717) is 13.1 Å². The number of likely N-dealkylation sites (tertiary alicyclic amines) is 1. The molecule has 2 heterocycles. The van der Waals surface area contributed by atoms with Gasteiger partial charge in [-0.15, -0.1) is 0 Å². The zero-order chi connectivity index (χ0) is 24.8. The van der Waals surface area contributed by atoms with Crippen molar-refractivity contribution in [3.05, 3.63) is 42.1 Å². The van der Waals surface area contributed by atoms with Crippen LogP contribution in [0.25, 0.3) is 11.3 Å². The third kappa shape index (κ3) is 5.82. The Bertz CT molecular complexity index is 961. The molecule has 3 rings (SSSR count). The van der Waals surface area contributed by atoms with Crippen LogP contribution in [0.15, 0.2) is 36.5 Å². The number of hydroxylamine groups is 1. The van der Waals surface area contributed by atoms with Crippen LogP contribution in [0, 0.1) is 11.8 Å². The molecule has 1 aliphatic heterocycles. The molecular weight excluding hydrogens is 438 g/mol. The average Bonchev–Trinajstić information content (AvgIpc) is 3.46. The Kier molecular flexibility index (Phi) is 8.78. The van der Waals surface area contributed by atoms with Crippen molar-refractivity contribution in [3.63, 3.8) is 0 Å². The van der Waals surface area contributed by atoms with E-state index in [2.05, 4.69) is 15.9 Å². The Morgan fingerprint density at radius 3 is 2.50 bits per heavy atom. The monoisotopic (exact) mass is 473 g/mol. The van der Waals surface area contributed by atoms with E-state index in [0.717, 1.165) is 16.8 Å². The first-order valence-corrected chi connectivity index (χ1v) is 11.7. The standard InChI is InChI=1S/C24H35N5O5/c1-15(2)16(3)24(33)28-13-19(31)12-22(28)23(32)27-20(14-30)17-4-6-18(7-5-17)21-8-9-25-29(21)11-10-26-34/h4-9,15-16,19-20,22,26,30-31,34H,10-14H2,1-3H3,(H,27,32). The van der Waals surface area contributed by atoms with Crippen LogP contribution in [0.5, 0.6) is 0 Å². The molecule has 5 N–H and O–H groups in total. The molecule has 0 bridgehead atoms. The summed E-state index contributed by atoms with van der Waals surface area (Å²) in [5.41, 5.74) is 4.61. The van der Waals surface area contributed by atoms with Gasteiger partial charge in [-0.25, -0.2) is 5.48 Å². The Labute approximate surface area is 199 Å². The molecule has 1 fully saturated rings. The van der Waals surface area contributed by atoms with Crippen molar-refractivity contribution in [1.29, 1.82) is 0 Å². The zero-order valence-corrected chi connectivity index (χ0v) is 19.9. The molecule has 10 nitrogen and oxygen atoms in total. The minimum Gasteiger partial charge on any atom is -0.394 e. The predicted octanol–water partition coefficient (Wildman–Crippen LogP) is 0.932. The van der Waals surface area contributed by atoms with E-state index in [4.69, 9.17) is 5.21 Å². The topological polar surface area (TPSA) is 140 Å². The van der Waals surface area contributed by atoms with Crippen LogP contribution in [0.1, 0.15) is 38.8 Å². The van der Waals surface area contributed by atoms with Gasteiger partial charge in [-0.3, -0.25) is 14.3 Å². The highest BCUT2D eigenvalue weighted by Gasteiger charge is 2.41. The molecule has 4 unspecified atom stereocenters. The van der Waals surface area contributed by atoms with Crippen LogP contribution in [0.3, 0.4) is 0 Å². The molecule has 4 atom stereocenters. The molecule has 0 spiro atoms. The molecule has 0 saturated carbocycles. The summed E-state index contributed by atoms with van der Waals surface area (Å²) in [5, 5.41) is 36.0. The number of hydrogen-bond acceptors (Lipinski definition) is 7. The van der Waals surface area contributed by atoms with Gasteiger partial charge >= 0.3 is 0 Å². The lowest BCUT2D eigenvalue weighted by Crippen LogP contribution is -2.49. The highest BCUT2D eigenvalue weighted by atomic mass is 16.5. The maximum Gasteiger partial charge on any atom is 0.243 e. The Morgan fingerprint density at radius 1 is 1.18 bits per heavy atom. The fraction of sp³-hybridized carbons (Fsp3) is 0.542. The van der Waals surface area contributed by atoms with Crippen LogP contribution in [-0.2, 0) is 16.1 Å². The SMILES string of the molecule is CC(C)C(C)C(=O)N1CC(O)CC1C(=O)NC(CO)c1ccc(-c2ccnn2CCNO)cc1. The van der Waals surface area contributed by atoms with Crippen molar-refractivity contribution < 1.29 is 25.0 Å². The summed E-state index contributed by atoms with van der Waals surface area (Å²) in [6.45, 7) is 6.41. The van der Waals surface area contributed by atoms with Gasteiger partial charge in [-0.05, 0) is 23.1 Å². The highest BCUT2D eigenvalue weighted by molar-refractivity contribution is 5.89. The van der Waals surface area contributed by atoms with Crippen molar-refractivity contribution in [2.75, 3.05) is 19.7 Å². The highest BCUT2D eigenvalue weighted by Crippen LogP contribution is 2.25. The van der Waals surface area contributed by atoms with Crippen molar-refractivity contribution >= 4 is 11.8 Å². The van der Waals surface area contributed by atoms with E-state index in [1.165, 1.54) is 4.90 Å². The number of aromatic nitrogens is 2. The van der Waals surface area contributed by atoms with Crippen LogP contribution < -0.4 is 10.8 Å². The quantitative estimate of drug-likeness (QED) is 0.324. The second kappa shape index (κ2) is 11.6. The summed E-state index contributed by atoms with van der Waals surface area (Å²) in [7, 11) is 0. The van der Waals surface area contributed by atoms with Gasteiger partial charge in [0.25, 0.3) is 0 Å². The number of carbonyl (C=O) groups excluding carboxylic acids is 2. The number of carbonyl (C=O) groups is 2. The largest absolute Gasteiger partial charge is 0.394 e. The minimum atomic E-state index is -0.772. The van der Waals surface area contributed by atoms with Crippen molar-refractivity contribution in [2.45, 2.75) is 51.9 Å². The molecule has 1 aromatic heterocycles. The fourth-order valence-electron chi connectivity index (χ4n) is 4.15. The Morgan fingerprint density at radius 2 is 1.88 bits per heavy atom. The number of nitrogens with zero attached hydrogens (tertiary/aromatic N) is 3. The van der Waals surface area contributed by atoms with E-state index >= 15 is 0 Å². The molecule has 34 heavy (non-hydrogen) atoms. The summed E-state index contributed by atoms with van der Waals surface area (Å²) in [6.07, 6.45) is 1.10. The van der Waals surface area contributed by atoms with Crippen LogP contribution in [0.2, 0.25) is 0 Å². The van der Waals surface area contributed by atoms with E-state index in [1.807, 2.05) is 51.1 Å². The number of rotatable bonds is 10. The number of β-amino-alcohol motifs (C(OH)–C–C–N with tert-alkyl or cyclic N) is 1. The van der Waals surface area contributed by atoms with Gasteiger partial charge in [0.15, 0.2) is 0 Å². The molecule has 0 aliphatic carbocycles. The summed E-state index contributed by atoms with van der Waals surface area (Å²) in [4.78, 5) is 27.4. The van der Waals surface area contributed by atoms with Gasteiger partial charge in [0.1, 0.15) is 6.04 Å². The third-order valence-corrected chi connectivity index (χ3v) is 6.51. The molecule has 10 heteroatoms. The number of aliphatic hydroxyl groups excluding tert-OH is 2. The first-order valence-electron chi connectivity index (χ1n) is 11.7.